The summed E-state index contributed by atoms with van der Waals surface area (Å²) in [6.45, 7) is 8.33. The molecule has 0 saturated heterocycles. The number of carbonyl (C=O) groups is 1. The second-order valence-electron chi connectivity index (χ2n) is 7.11. The van der Waals surface area contributed by atoms with Crippen LogP contribution in [0.3, 0.4) is 0 Å². The number of rotatable bonds is 7. The first kappa shape index (κ1) is 16.8. The Morgan fingerprint density at radius 1 is 1.05 bits per heavy atom. The van der Waals surface area contributed by atoms with E-state index in [1.54, 1.807) is 0 Å². The molecule has 2 rings (SSSR count). The van der Waals surface area contributed by atoms with E-state index >= 15 is 0 Å². The number of likely N-dealkylation sites (N-methyl/N-ethyl adjacent to an activating group) is 1. The van der Waals surface area contributed by atoms with Crippen LogP contribution >= 0.6 is 0 Å². The predicted molar refractivity (Wildman–Crippen MR) is 87.1 cm³/mol. The SMILES string of the molecule is CCN(CC)CCNC1(C(N)=O)CCC2(CCCC2)CC1. The van der Waals surface area contributed by atoms with Gasteiger partial charge < -0.3 is 16.0 Å². The molecule has 2 fully saturated rings. The van der Waals surface area contributed by atoms with Crippen molar-refractivity contribution in [1.82, 2.24) is 10.2 Å². The van der Waals surface area contributed by atoms with E-state index in [1.165, 1.54) is 38.5 Å². The molecule has 0 bridgehead atoms. The third kappa shape index (κ3) is 3.78. The average molecular weight is 295 g/mol. The summed E-state index contributed by atoms with van der Waals surface area (Å²) < 4.78 is 0. The number of nitrogens with one attached hydrogen (secondary N) is 1. The van der Waals surface area contributed by atoms with Crippen LogP contribution in [0, 0.1) is 5.41 Å². The van der Waals surface area contributed by atoms with Gasteiger partial charge in [0.05, 0.1) is 5.54 Å². The van der Waals surface area contributed by atoms with Crippen LogP contribution in [0.2, 0.25) is 0 Å². The number of hydrogen-bond acceptors (Lipinski definition) is 3. The maximum absolute atomic E-state index is 12.0. The fourth-order valence-corrected chi connectivity index (χ4v) is 4.34. The first-order valence-electron chi connectivity index (χ1n) is 8.83. The molecule has 1 amide bonds. The molecule has 2 aliphatic carbocycles. The lowest BCUT2D eigenvalue weighted by molar-refractivity contribution is -0.126. The number of carbonyl (C=O) groups excluding carboxylic acids is 1. The standard InChI is InChI=1S/C17H33N3O/c1-3-20(4-2)14-13-19-17(15(18)21)11-9-16(10-12-17)7-5-6-8-16/h19H,3-14H2,1-2H3,(H2,18,21). The molecule has 0 aromatic carbocycles. The summed E-state index contributed by atoms with van der Waals surface area (Å²) in [6, 6.07) is 0. The zero-order valence-corrected chi connectivity index (χ0v) is 13.9. The first-order chi connectivity index (χ1) is 10.1. The maximum atomic E-state index is 12.0. The molecule has 0 aromatic rings. The van der Waals surface area contributed by atoms with Gasteiger partial charge in [-0.1, -0.05) is 26.7 Å². The number of primary amides is 1. The fourth-order valence-electron chi connectivity index (χ4n) is 4.34. The predicted octanol–water partition coefficient (Wildman–Crippen LogP) is 2.28. The lowest BCUT2D eigenvalue weighted by Gasteiger charge is -2.44. The van der Waals surface area contributed by atoms with Crippen LogP contribution in [0.4, 0.5) is 0 Å². The molecule has 2 saturated carbocycles. The molecule has 0 atom stereocenters. The lowest BCUT2D eigenvalue weighted by Crippen LogP contribution is -2.59. The van der Waals surface area contributed by atoms with Gasteiger partial charge in [0, 0.05) is 13.1 Å². The minimum absolute atomic E-state index is 0.144. The maximum Gasteiger partial charge on any atom is 0.237 e. The molecule has 4 heteroatoms. The van der Waals surface area contributed by atoms with Crippen LogP contribution in [-0.2, 0) is 4.79 Å². The van der Waals surface area contributed by atoms with Crippen molar-refractivity contribution in [1.29, 1.82) is 0 Å². The van der Waals surface area contributed by atoms with E-state index in [0.29, 0.717) is 5.41 Å². The van der Waals surface area contributed by atoms with E-state index in [0.717, 1.165) is 39.0 Å². The first-order valence-corrected chi connectivity index (χ1v) is 8.83. The van der Waals surface area contributed by atoms with Gasteiger partial charge in [-0.05, 0) is 57.0 Å². The summed E-state index contributed by atoms with van der Waals surface area (Å²) >= 11 is 0. The van der Waals surface area contributed by atoms with Gasteiger partial charge >= 0.3 is 0 Å². The Hall–Kier alpha value is -0.610. The highest BCUT2D eigenvalue weighted by atomic mass is 16.1. The van der Waals surface area contributed by atoms with Gasteiger partial charge in [-0.15, -0.1) is 0 Å². The van der Waals surface area contributed by atoms with E-state index in [9.17, 15) is 4.79 Å². The molecule has 0 radical (unpaired) electrons. The van der Waals surface area contributed by atoms with Crippen molar-refractivity contribution in [2.45, 2.75) is 70.8 Å². The Bertz CT molecular complexity index is 336. The molecule has 3 N–H and O–H groups in total. The van der Waals surface area contributed by atoms with Crippen LogP contribution in [0.5, 0.6) is 0 Å². The number of amides is 1. The second kappa shape index (κ2) is 7.10. The summed E-state index contributed by atoms with van der Waals surface area (Å²) in [7, 11) is 0. The molecule has 4 nitrogen and oxygen atoms in total. The quantitative estimate of drug-likeness (QED) is 0.757. The molecule has 1 spiro atoms. The van der Waals surface area contributed by atoms with Gasteiger partial charge in [0.25, 0.3) is 0 Å². The zero-order chi connectivity index (χ0) is 15.3. The van der Waals surface area contributed by atoms with Crippen molar-refractivity contribution in [3.05, 3.63) is 0 Å². The summed E-state index contributed by atoms with van der Waals surface area (Å²) in [5, 5.41) is 3.52. The van der Waals surface area contributed by atoms with Gasteiger partial charge in [-0.2, -0.15) is 0 Å². The Morgan fingerprint density at radius 2 is 1.62 bits per heavy atom. The van der Waals surface area contributed by atoms with Gasteiger partial charge in [0.1, 0.15) is 0 Å². The molecule has 0 aliphatic heterocycles. The smallest absolute Gasteiger partial charge is 0.237 e. The highest BCUT2D eigenvalue weighted by Gasteiger charge is 2.46. The highest BCUT2D eigenvalue weighted by molar-refractivity contribution is 5.84. The lowest BCUT2D eigenvalue weighted by atomic mass is 9.66. The van der Waals surface area contributed by atoms with Crippen LogP contribution in [0.1, 0.15) is 65.2 Å². The normalized spacial score (nSPS) is 23.8. The molecular formula is C17H33N3O. The summed E-state index contributed by atoms with van der Waals surface area (Å²) in [4.78, 5) is 14.4. The van der Waals surface area contributed by atoms with Crippen LogP contribution < -0.4 is 11.1 Å². The topological polar surface area (TPSA) is 58.4 Å². The summed E-state index contributed by atoms with van der Waals surface area (Å²) in [6.07, 6.45) is 9.68. The van der Waals surface area contributed by atoms with Crippen molar-refractivity contribution in [3.63, 3.8) is 0 Å². The molecule has 2 aliphatic rings. The molecule has 122 valence electrons. The second-order valence-corrected chi connectivity index (χ2v) is 7.11. The monoisotopic (exact) mass is 295 g/mol. The van der Waals surface area contributed by atoms with Gasteiger partial charge in [0.2, 0.25) is 5.91 Å². The number of nitrogens with zero attached hydrogens (tertiary/aromatic N) is 1. The van der Waals surface area contributed by atoms with E-state index < -0.39 is 5.54 Å². The van der Waals surface area contributed by atoms with Crippen molar-refractivity contribution < 1.29 is 4.79 Å². The molecule has 21 heavy (non-hydrogen) atoms. The number of hydrogen-bond donors (Lipinski definition) is 2. The van der Waals surface area contributed by atoms with Crippen molar-refractivity contribution >= 4 is 5.91 Å². The van der Waals surface area contributed by atoms with E-state index in [2.05, 4.69) is 24.1 Å². The van der Waals surface area contributed by atoms with E-state index in [-0.39, 0.29) is 5.91 Å². The molecular weight excluding hydrogens is 262 g/mol. The Morgan fingerprint density at radius 3 is 2.10 bits per heavy atom. The van der Waals surface area contributed by atoms with Gasteiger partial charge in [-0.25, -0.2) is 0 Å². The van der Waals surface area contributed by atoms with Crippen molar-refractivity contribution in [3.8, 4) is 0 Å². The summed E-state index contributed by atoms with van der Waals surface area (Å²) in [5.41, 5.74) is 5.85. The van der Waals surface area contributed by atoms with Crippen molar-refractivity contribution in [2.75, 3.05) is 26.2 Å². The van der Waals surface area contributed by atoms with Gasteiger partial charge in [-0.3, -0.25) is 4.79 Å². The van der Waals surface area contributed by atoms with Crippen LogP contribution in [-0.4, -0.2) is 42.5 Å². The minimum atomic E-state index is -0.443. The fraction of sp³-hybridized carbons (Fsp3) is 0.941. The van der Waals surface area contributed by atoms with Crippen molar-refractivity contribution in [2.24, 2.45) is 11.1 Å². The van der Waals surface area contributed by atoms with E-state index in [4.69, 9.17) is 5.73 Å². The molecule has 0 unspecified atom stereocenters. The van der Waals surface area contributed by atoms with Crippen LogP contribution in [0.25, 0.3) is 0 Å². The number of nitrogens with two attached hydrogens (primary N) is 1. The van der Waals surface area contributed by atoms with Gasteiger partial charge in [0.15, 0.2) is 0 Å². The van der Waals surface area contributed by atoms with Crippen LogP contribution in [0.15, 0.2) is 0 Å². The highest BCUT2D eigenvalue weighted by Crippen LogP contribution is 2.51. The summed E-state index contributed by atoms with van der Waals surface area (Å²) in [5.74, 6) is -0.144. The average Bonchev–Trinajstić information content (AvgIpc) is 2.94. The zero-order valence-electron chi connectivity index (χ0n) is 13.9. The third-order valence-corrected chi connectivity index (χ3v) is 6.09. The Labute approximate surface area is 129 Å². The van der Waals surface area contributed by atoms with E-state index in [1.807, 2.05) is 0 Å². The largest absolute Gasteiger partial charge is 0.368 e. The third-order valence-electron chi connectivity index (χ3n) is 6.09. The molecule has 0 aromatic heterocycles. The molecule has 0 heterocycles. The Kier molecular flexibility index (Phi) is 5.67. The Balaban J connectivity index is 1.88. The minimum Gasteiger partial charge on any atom is -0.368 e.